The Morgan fingerprint density at radius 1 is 1.02 bits per heavy atom. The van der Waals surface area contributed by atoms with Crippen LogP contribution in [0.25, 0.3) is 0 Å². The molecule has 236 valence electrons. The lowest BCUT2D eigenvalue weighted by molar-refractivity contribution is -0.0660. The normalized spacial score (nSPS) is 20.2. The third kappa shape index (κ3) is 7.62. The van der Waals surface area contributed by atoms with Gasteiger partial charge < -0.3 is 44.1 Å². The SMILES string of the molecule is COCCCN1CCOc2ccc(COC3CN(C(=O)O)CC(O)C3c3ccc(Oc4ccc(C(C)(C)O)cc4)cc3)cc21. The summed E-state index contributed by atoms with van der Waals surface area (Å²) in [6, 6.07) is 20.7. The maximum atomic E-state index is 11.9. The minimum atomic E-state index is -1.09. The van der Waals surface area contributed by atoms with Crippen LogP contribution in [0.15, 0.2) is 66.7 Å². The molecular weight excluding hydrogens is 564 g/mol. The molecule has 0 aliphatic carbocycles. The summed E-state index contributed by atoms with van der Waals surface area (Å²) < 4.78 is 23.5. The van der Waals surface area contributed by atoms with Crippen LogP contribution in [-0.4, -0.2) is 85.0 Å². The standard InChI is InChI=1S/C34H42N2O8/c1-34(2,40)25-8-12-27(13-9-25)44-26-10-6-24(7-11-26)32-29(37)20-36(33(38)39)21-31(32)43-22-23-5-14-30-28(19-23)35(16-18-42-30)15-4-17-41-3/h5-14,19,29,31-32,37,40H,4,15-18,20-22H2,1-3H3,(H,38,39). The average Bonchev–Trinajstić information content (AvgIpc) is 3.00. The van der Waals surface area contributed by atoms with Crippen molar-refractivity contribution in [1.82, 2.24) is 4.90 Å². The number of carbonyl (C=O) groups is 1. The lowest BCUT2D eigenvalue weighted by atomic mass is 9.84. The molecule has 0 aromatic heterocycles. The zero-order valence-corrected chi connectivity index (χ0v) is 25.5. The minimum absolute atomic E-state index is 0.00170. The molecule has 2 heterocycles. The van der Waals surface area contributed by atoms with Crippen molar-refractivity contribution in [1.29, 1.82) is 0 Å². The predicted molar refractivity (Wildman–Crippen MR) is 166 cm³/mol. The number of rotatable bonds is 11. The van der Waals surface area contributed by atoms with Gasteiger partial charge in [-0.15, -0.1) is 0 Å². The monoisotopic (exact) mass is 606 g/mol. The van der Waals surface area contributed by atoms with Gasteiger partial charge in [0.15, 0.2) is 0 Å². The minimum Gasteiger partial charge on any atom is -0.490 e. The highest BCUT2D eigenvalue weighted by Gasteiger charge is 2.39. The van der Waals surface area contributed by atoms with E-state index in [0.29, 0.717) is 24.7 Å². The van der Waals surface area contributed by atoms with Crippen LogP contribution in [0.5, 0.6) is 17.2 Å². The summed E-state index contributed by atoms with van der Waals surface area (Å²) in [5, 5.41) is 31.0. The van der Waals surface area contributed by atoms with Crippen molar-refractivity contribution in [2.45, 2.75) is 50.6 Å². The van der Waals surface area contributed by atoms with Gasteiger partial charge in [0.2, 0.25) is 0 Å². The van der Waals surface area contributed by atoms with Crippen molar-refractivity contribution in [2.75, 3.05) is 51.4 Å². The van der Waals surface area contributed by atoms with Crippen LogP contribution in [-0.2, 0) is 21.7 Å². The Morgan fingerprint density at radius 2 is 1.73 bits per heavy atom. The maximum absolute atomic E-state index is 11.9. The summed E-state index contributed by atoms with van der Waals surface area (Å²) in [5.74, 6) is 1.65. The fraction of sp³-hybridized carbons (Fsp3) is 0.441. The van der Waals surface area contributed by atoms with E-state index in [-0.39, 0.29) is 19.7 Å². The van der Waals surface area contributed by atoms with Gasteiger partial charge in [-0.3, -0.25) is 0 Å². The Kier molecular flexibility index (Phi) is 9.95. The molecule has 3 unspecified atom stereocenters. The van der Waals surface area contributed by atoms with Crippen LogP contribution >= 0.6 is 0 Å². The van der Waals surface area contributed by atoms with E-state index in [9.17, 15) is 20.1 Å². The van der Waals surface area contributed by atoms with E-state index >= 15 is 0 Å². The number of ether oxygens (including phenoxy) is 4. The molecule has 10 nitrogen and oxygen atoms in total. The molecule has 1 fully saturated rings. The van der Waals surface area contributed by atoms with Crippen molar-refractivity contribution < 1.29 is 39.1 Å². The molecule has 3 atom stereocenters. The molecule has 44 heavy (non-hydrogen) atoms. The summed E-state index contributed by atoms with van der Waals surface area (Å²) in [5.41, 5.74) is 2.63. The van der Waals surface area contributed by atoms with Crippen molar-refractivity contribution in [3.63, 3.8) is 0 Å². The number of benzene rings is 3. The molecule has 1 saturated heterocycles. The lowest BCUT2D eigenvalue weighted by Crippen LogP contribution is -2.53. The highest BCUT2D eigenvalue weighted by Crippen LogP contribution is 2.36. The van der Waals surface area contributed by atoms with Crippen LogP contribution in [0, 0.1) is 0 Å². The molecule has 1 amide bonds. The second-order valence-corrected chi connectivity index (χ2v) is 11.9. The molecule has 0 radical (unpaired) electrons. The van der Waals surface area contributed by atoms with Gasteiger partial charge in [-0.25, -0.2) is 4.79 Å². The van der Waals surface area contributed by atoms with E-state index in [1.807, 2.05) is 60.7 Å². The fourth-order valence-electron chi connectivity index (χ4n) is 5.81. The molecule has 3 aromatic carbocycles. The zero-order valence-electron chi connectivity index (χ0n) is 25.5. The van der Waals surface area contributed by atoms with E-state index in [0.717, 1.165) is 47.6 Å². The first-order valence-corrected chi connectivity index (χ1v) is 15.0. The number of hydrogen-bond acceptors (Lipinski definition) is 8. The van der Waals surface area contributed by atoms with Crippen molar-refractivity contribution >= 4 is 11.8 Å². The number of piperidine rings is 1. The van der Waals surface area contributed by atoms with Gasteiger partial charge in [0.25, 0.3) is 0 Å². The number of anilines is 1. The van der Waals surface area contributed by atoms with Gasteiger partial charge >= 0.3 is 6.09 Å². The summed E-state index contributed by atoms with van der Waals surface area (Å²) in [6.07, 6.45) is -1.70. The molecule has 2 aliphatic heterocycles. The van der Waals surface area contributed by atoms with E-state index in [1.165, 1.54) is 4.90 Å². The zero-order chi connectivity index (χ0) is 31.3. The number of amides is 1. The molecular formula is C34H42N2O8. The summed E-state index contributed by atoms with van der Waals surface area (Å²) >= 11 is 0. The molecule has 5 rings (SSSR count). The molecule has 2 aliphatic rings. The molecule has 3 N–H and O–H groups in total. The van der Waals surface area contributed by atoms with Gasteiger partial charge in [0.05, 0.1) is 49.7 Å². The van der Waals surface area contributed by atoms with E-state index in [1.54, 1.807) is 21.0 Å². The van der Waals surface area contributed by atoms with E-state index < -0.39 is 29.8 Å². The summed E-state index contributed by atoms with van der Waals surface area (Å²) in [4.78, 5) is 15.4. The van der Waals surface area contributed by atoms with Gasteiger partial charge in [-0.05, 0) is 73.4 Å². The van der Waals surface area contributed by atoms with Crippen LogP contribution in [0.4, 0.5) is 10.5 Å². The number of β-amino-alcohol motifs (C(OH)–C–C–N with tert-alkyl or cyclic N) is 1. The average molecular weight is 607 g/mol. The maximum Gasteiger partial charge on any atom is 0.407 e. The number of likely N-dealkylation sites (tertiary alicyclic amines) is 1. The Balaban J connectivity index is 1.30. The Bertz CT molecular complexity index is 1390. The second kappa shape index (κ2) is 13.9. The van der Waals surface area contributed by atoms with Crippen LogP contribution < -0.4 is 14.4 Å². The number of hydrogen-bond donors (Lipinski definition) is 3. The van der Waals surface area contributed by atoms with Gasteiger partial charge in [-0.1, -0.05) is 30.3 Å². The first kappa shape index (κ1) is 31.6. The third-order valence-corrected chi connectivity index (χ3v) is 8.18. The quantitative estimate of drug-likeness (QED) is 0.260. The number of nitrogens with zero attached hydrogens (tertiary/aromatic N) is 2. The first-order valence-electron chi connectivity index (χ1n) is 15.0. The highest BCUT2D eigenvalue weighted by atomic mass is 16.5. The predicted octanol–water partition coefficient (Wildman–Crippen LogP) is 4.97. The number of methoxy groups -OCH3 is 1. The van der Waals surface area contributed by atoms with Crippen LogP contribution in [0.1, 0.15) is 42.9 Å². The number of fused-ring (bicyclic) bond motifs is 1. The highest BCUT2D eigenvalue weighted by molar-refractivity contribution is 5.65. The fourth-order valence-corrected chi connectivity index (χ4v) is 5.81. The van der Waals surface area contributed by atoms with Gasteiger partial charge in [0, 0.05) is 26.2 Å². The molecule has 0 spiro atoms. The number of aliphatic hydroxyl groups is 2. The van der Waals surface area contributed by atoms with Gasteiger partial charge in [0.1, 0.15) is 23.9 Å². The lowest BCUT2D eigenvalue weighted by Gasteiger charge is -2.40. The molecule has 0 saturated carbocycles. The summed E-state index contributed by atoms with van der Waals surface area (Å²) in [7, 11) is 1.70. The number of carboxylic acid groups (broad SMARTS) is 1. The largest absolute Gasteiger partial charge is 0.490 e. The Labute approximate surface area is 258 Å². The topological polar surface area (TPSA) is 121 Å². The Morgan fingerprint density at radius 3 is 2.39 bits per heavy atom. The Hall–Kier alpha value is -3.83. The van der Waals surface area contributed by atoms with Crippen molar-refractivity contribution in [3.8, 4) is 17.2 Å². The summed E-state index contributed by atoms with van der Waals surface area (Å²) in [6.45, 7) is 6.80. The smallest absolute Gasteiger partial charge is 0.407 e. The molecule has 0 bridgehead atoms. The first-order chi connectivity index (χ1) is 21.1. The van der Waals surface area contributed by atoms with Gasteiger partial charge in [-0.2, -0.15) is 0 Å². The van der Waals surface area contributed by atoms with E-state index in [2.05, 4.69) is 11.0 Å². The molecule has 10 heteroatoms. The third-order valence-electron chi connectivity index (χ3n) is 8.18. The van der Waals surface area contributed by atoms with E-state index in [4.69, 9.17) is 18.9 Å². The van der Waals surface area contributed by atoms with Crippen molar-refractivity contribution in [3.05, 3.63) is 83.4 Å². The number of aliphatic hydroxyl groups excluding tert-OH is 1. The molecule has 3 aromatic rings. The second-order valence-electron chi connectivity index (χ2n) is 11.9. The van der Waals surface area contributed by atoms with Crippen molar-refractivity contribution in [2.24, 2.45) is 0 Å². The van der Waals surface area contributed by atoms with Crippen LogP contribution in [0.2, 0.25) is 0 Å². The van der Waals surface area contributed by atoms with Crippen LogP contribution in [0.3, 0.4) is 0 Å².